The highest BCUT2D eigenvalue weighted by atomic mass is 35.5. The van der Waals surface area contributed by atoms with E-state index in [9.17, 15) is 4.79 Å². The lowest BCUT2D eigenvalue weighted by atomic mass is 10.2. The monoisotopic (exact) mass is 296 g/mol. The van der Waals surface area contributed by atoms with Gasteiger partial charge < -0.3 is 15.0 Å². The Morgan fingerprint density at radius 2 is 2.20 bits per heavy atom. The molecule has 1 aliphatic rings. The second-order valence-electron chi connectivity index (χ2n) is 5.31. The zero-order valence-corrected chi connectivity index (χ0v) is 12.7. The molecule has 1 amide bonds. The van der Waals surface area contributed by atoms with Crippen molar-refractivity contribution in [2.45, 2.75) is 31.8 Å². The molecule has 0 heterocycles. The van der Waals surface area contributed by atoms with Crippen molar-refractivity contribution >= 4 is 17.5 Å². The van der Waals surface area contributed by atoms with Crippen LogP contribution in [0.2, 0.25) is 5.02 Å². The summed E-state index contributed by atoms with van der Waals surface area (Å²) in [7, 11) is 3.47. The first-order chi connectivity index (χ1) is 9.56. The number of benzene rings is 1. The molecule has 20 heavy (non-hydrogen) atoms. The van der Waals surface area contributed by atoms with Crippen molar-refractivity contribution < 1.29 is 9.53 Å². The van der Waals surface area contributed by atoms with Gasteiger partial charge >= 0.3 is 0 Å². The molecular weight excluding hydrogens is 276 g/mol. The largest absolute Gasteiger partial charge is 0.491 e. The lowest BCUT2D eigenvalue weighted by molar-refractivity contribution is -0.129. The number of ether oxygens (including phenoxy) is 1. The maximum Gasteiger partial charge on any atom is 0.225 e. The molecule has 1 aliphatic carbocycles. The normalized spacial score (nSPS) is 14.2. The highest BCUT2D eigenvalue weighted by Gasteiger charge is 2.20. The number of rotatable bonds is 7. The summed E-state index contributed by atoms with van der Waals surface area (Å²) in [6, 6.07) is 6.47. The second kappa shape index (κ2) is 6.95. The van der Waals surface area contributed by atoms with E-state index < -0.39 is 0 Å². The van der Waals surface area contributed by atoms with E-state index in [0.717, 1.165) is 12.1 Å². The van der Waals surface area contributed by atoms with Crippen LogP contribution in [0.3, 0.4) is 0 Å². The van der Waals surface area contributed by atoms with Gasteiger partial charge in [-0.05, 0) is 30.5 Å². The minimum absolute atomic E-state index is 0.0476. The molecule has 5 heteroatoms. The molecule has 0 atom stereocenters. The molecule has 4 nitrogen and oxygen atoms in total. The van der Waals surface area contributed by atoms with E-state index in [-0.39, 0.29) is 5.91 Å². The van der Waals surface area contributed by atoms with Crippen LogP contribution in [-0.4, -0.2) is 37.6 Å². The molecule has 0 saturated heterocycles. The first-order valence-electron chi connectivity index (χ1n) is 6.91. The van der Waals surface area contributed by atoms with E-state index in [1.165, 1.54) is 12.8 Å². The van der Waals surface area contributed by atoms with Gasteiger partial charge in [0, 0.05) is 26.7 Å². The molecule has 1 aromatic carbocycles. The first-order valence-corrected chi connectivity index (χ1v) is 7.29. The van der Waals surface area contributed by atoms with Crippen LogP contribution >= 0.6 is 11.6 Å². The van der Waals surface area contributed by atoms with Crippen LogP contribution in [0.1, 0.15) is 24.8 Å². The predicted molar refractivity (Wildman–Crippen MR) is 80.1 cm³/mol. The second-order valence-corrected chi connectivity index (χ2v) is 5.71. The molecule has 0 spiro atoms. The number of nitrogens with zero attached hydrogens (tertiary/aromatic N) is 1. The zero-order chi connectivity index (χ0) is 14.5. The van der Waals surface area contributed by atoms with E-state index in [4.69, 9.17) is 16.3 Å². The van der Waals surface area contributed by atoms with Crippen LogP contribution in [0.15, 0.2) is 18.2 Å². The summed E-state index contributed by atoms with van der Waals surface area (Å²) < 4.78 is 5.55. The van der Waals surface area contributed by atoms with Crippen molar-refractivity contribution in [1.29, 1.82) is 0 Å². The highest BCUT2D eigenvalue weighted by Crippen LogP contribution is 2.26. The Hall–Kier alpha value is -1.26. The lowest BCUT2D eigenvalue weighted by Gasteiger charge is -2.12. The summed E-state index contributed by atoms with van der Waals surface area (Å²) in [5.41, 5.74) is 1.15. The van der Waals surface area contributed by atoms with Gasteiger partial charge in [-0.15, -0.1) is 0 Å². The average molecular weight is 297 g/mol. The summed E-state index contributed by atoms with van der Waals surface area (Å²) in [6.45, 7) is 1.18. The molecule has 0 aromatic heterocycles. The summed E-state index contributed by atoms with van der Waals surface area (Å²) in [5.74, 6) is 0.680. The zero-order valence-electron chi connectivity index (χ0n) is 12.0. The lowest BCUT2D eigenvalue weighted by Crippen LogP contribution is -2.23. The van der Waals surface area contributed by atoms with Gasteiger partial charge in [0.15, 0.2) is 0 Å². The van der Waals surface area contributed by atoms with Crippen molar-refractivity contribution in [3.05, 3.63) is 28.8 Å². The van der Waals surface area contributed by atoms with Gasteiger partial charge in [0.1, 0.15) is 5.75 Å². The smallest absolute Gasteiger partial charge is 0.225 e. The maximum atomic E-state index is 11.4. The van der Waals surface area contributed by atoms with Crippen LogP contribution in [0.25, 0.3) is 0 Å². The van der Waals surface area contributed by atoms with Crippen molar-refractivity contribution in [3.8, 4) is 5.75 Å². The third-order valence-electron chi connectivity index (χ3n) is 3.24. The first kappa shape index (κ1) is 15.1. The molecule has 0 unspecified atom stereocenters. The van der Waals surface area contributed by atoms with Gasteiger partial charge in [0.2, 0.25) is 5.91 Å². The minimum atomic E-state index is 0.0476. The number of nitrogens with one attached hydrogen (secondary N) is 1. The number of hydrogen-bond donors (Lipinski definition) is 1. The van der Waals surface area contributed by atoms with Gasteiger partial charge in [-0.2, -0.15) is 0 Å². The van der Waals surface area contributed by atoms with Gasteiger partial charge in [-0.1, -0.05) is 17.7 Å². The summed E-state index contributed by atoms with van der Waals surface area (Å²) >= 11 is 6.19. The predicted octanol–water partition coefficient (Wildman–Crippen LogP) is 2.45. The summed E-state index contributed by atoms with van der Waals surface area (Å²) in [6.07, 6.45) is 2.90. The van der Waals surface area contributed by atoms with Crippen molar-refractivity contribution in [1.82, 2.24) is 10.2 Å². The molecule has 1 N–H and O–H groups in total. The third-order valence-corrected chi connectivity index (χ3v) is 3.54. The fourth-order valence-electron chi connectivity index (χ4n) is 1.79. The Bertz CT molecular complexity index is 473. The fraction of sp³-hybridized carbons (Fsp3) is 0.533. The molecule has 0 bridgehead atoms. The Morgan fingerprint density at radius 1 is 1.45 bits per heavy atom. The number of carbonyl (C=O) groups excluding carboxylic acids is 1. The Kier molecular flexibility index (Phi) is 5.26. The van der Waals surface area contributed by atoms with Crippen LogP contribution in [0.4, 0.5) is 0 Å². The minimum Gasteiger partial charge on any atom is -0.491 e. The number of hydrogen-bond acceptors (Lipinski definition) is 3. The molecule has 1 saturated carbocycles. The van der Waals surface area contributed by atoms with E-state index in [1.807, 2.05) is 18.2 Å². The molecule has 2 rings (SSSR count). The van der Waals surface area contributed by atoms with Crippen LogP contribution < -0.4 is 10.1 Å². The quantitative estimate of drug-likeness (QED) is 0.840. The Labute approximate surface area is 125 Å². The van der Waals surface area contributed by atoms with E-state index in [1.54, 1.807) is 19.0 Å². The summed E-state index contributed by atoms with van der Waals surface area (Å²) in [4.78, 5) is 13.0. The van der Waals surface area contributed by atoms with Crippen LogP contribution in [0, 0.1) is 0 Å². The van der Waals surface area contributed by atoms with E-state index >= 15 is 0 Å². The number of halogens is 1. The molecule has 0 radical (unpaired) electrons. The number of amides is 1. The van der Waals surface area contributed by atoms with Crippen molar-refractivity contribution in [2.75, 3.05) is 20.7 Å². The molecule has 110 valence electrons. The standard InChI is InChI=1S/C15H21ClN2O2/c1-18(2)15(19)7-8-20-14-6-3-11(9-13(14)16)10-17-12-4-5-12/h3,6,9,12,17H,4-5,7-8,10H2,1-2H3. The number of carbonyl (C=O) groups is 1. The molecule has 1 fully saturated rings. The Morgan fingerprint density at radius 3 is 2.80 bits per heavy atom. The third kappa shape index (κ3) is 4.69. The molecule has 1 aromatic rings. The maximum absolute atomic E-state index is 11.4. The fourth-order valence-corrected chi connectivity index (χ4v) is 2.05. The topological polar surface area (TPSA) is 41.6 Å². The van der Waals surface area contributed by atoms with Gasteiger partial charge in [-0.25, -0.2) is 0 Å². The van der Waals surface area contributed by atoms with Crippen LogP contribution in [0.5, 0.6) is 5.75 Å². The van der Waals surface area contributed by atoms with Crippen molar-refractivity contribution in [2.24, 2.45) is 0 Å². The van der Waals surface area contributed by atoms with Gasteiger partial charge in [0.05, 0.1) is 18.1 Å². The average Bonchev–Trinajstić information content (AvgIpc) is 3.22. The van der Waals surface area contributed by atoms with Gasteiger partial charge in [-0.3, -0.25) is 4.79 Å². The van der Waals surface area contributed by atoms with Gasteiger partial charge in [0.25, 0.3) is 0 Å². The molecular formula is C15H21ClN2O2. The summed E-state index contributed by atoms with van der Waals surface area (Å²) in [5, 5.41) is 4.04. The van der Waals surface area contributed by atoms with E-state index in [0.29, 0.717) is 29.8 Å². The Balaban J connectivity index is 1.80. The van der Waals surface area contributed by atoms with E-state index in [2.05, 4.69) is 5.32 Å². The van der Waals surface area contributed by atoms with Crippen molar-refractivity contribution in [3.63, 3.8) is 0 Å². The SMILES string of the molecule is CN(C)C(=O)CCOc1ccc(CNC2CC2)cc1Cl. The highest BCUT2D eigenvalue weighted by molar-refractivity contribution is 6.32. The molecule has 0 aliphatic heterocycles. The van der Waals surface area contributed by atoms with Crippen LogP contribution in [-0.2, 0) is 11.3 Å².